The number of carbonyl (C=O) groups excluding carboxylic acids is 1. The first-order valence-electron chi connectivity index (χ1n) is 9.30. The highest BCUT2D eigenvalue weighted by Crippen LogP contribution is 2.36. The van der Waals surface area contributed by atoms with E-state index in [9.17, 15) is 18.0 Å². The molecule has 0 bridgehead atoms. The van der Waals surface area contributed by atoms with Gasteiger partial charge in [0.1, 0.15) is 0 Å². The van der Waals surface area contributed by atoms with Crippen LogP contribution in [0.2, 0.25) is 5.02 Å². The van der Waals surface area contributed by atoms with Gasteiger partial charge in [-0.15, -0.1) is 0 Å². The first kappa shape index (κ1) is 24.4. The summed E-state index contributed by atoms with van der Waals surface area (Å²) in [4.78, 5) is 13.5. The summed E-state index contributed by atoms with van der Waals surface area (Å²) in [6, 6.07) is 3.05. The van der Waals surface area contributed by atoms with Crippen LogP contribution >= 0.6 is 11.6 Å². The van der Waals surface area contributed by atoms with Crippen LogP contribution in [-0.4, -0.2) is 56.9 Å². The predicted molar refractivity (Wildman–Crippen MR) is 104 cm³/mol. The maximum absolute atomic E-state index is 12.3. The highest BCUT2D eigenvalue weighted by atomic mass is 35.5. The normalized spacial score (nSPS) is 11.6. The molecule has 0 aliphatic heterocycles. The quantitative estimate of drug-likeness (QED) is 0.501. The molecule has 28 heavy (non-hydrogen) atoms. The van der Waals surface area contributed by atoms with Crippen molar-refractivity contribution in [3.63, 3.8) is 0 Å². The van der Waals surface area contributed by atoms with Gasteiger partial charge in [-0.2, -0.15) is 13.2 Å². The fourth-order valence-electron chi connectivity index (χ4n) is 2.46. The van der Waals surface area contributed by atoms with Gasteiger partial charge in [0.15, 0.2) is 11.5 Å². The van der Waals surface area contributed by atoms with Crippen molar-refractivity contribution in [1.29, 1.82) is 0 Å². The van der Waals surface area contributed by atoms with Crippen LogP contribution in [0.5, 0.6) is 11.5 Å². The third kappa shape index (κ3) is 9.01. The molecule has 0 heterocycles. The van der Waals surface area contributed by atoms with Gasteiger partial charge in [0.05, 0.1) is 24.8 Å². The molecule has 1 amide bonds. The minimum Gasteiger partial charge on any atom is -0.490 e. The van der Waals surface area contributed by atoms with Crippen molar-refractivity contribution in [1.82, 2.24) is 10.2 Å². The van der Waals surface area contributed by atoms with Crippen LogP contribution in [0.1, 0.15) is 43.5 Å². The van der Waals surface area contributed by atoms with E-state index in [1.54, 1.807) is 6.07 Å². The van der Waals surface area contributed by atoms with Crippen LogP contribution in [0.15, 0.2) is 12.1 Å². The number of rotatable bonds is 12. The fourth-order valence-corrected chi connectivity index (χ4v) is 2.72. The molecule has 1 rings (SSSR count). The molecule has 0 aliphatic carbocycles. The minimum atomic E-state index is -4.23. The van der Waals surface area contributed by atoms with Crippen molar-refractivity contribution in [3.05, 3.63) is 22.7 Å². The minimum absolute atomic E-state index is 0.217. The topological polar surface area (TPSA) is 50.8 Å². The van der Waals surface area contributed by atoms with Crippen molar-refractivity contribution < 1.29 is 27.4 Å². The van der Waals surface area contributed by atoms with E-state index in [1.165, 1.54) is 18.0 Å². The lowest BCUT2D eigenvalue weighted by Crippen LogP contribution is -2.33. The maximum atomic E-state index is 12.3. The van der Waals surface area contributed by atoms with Crippen LogP contribution < -0.4 is 14.8 Å². The zero-order valence-corrected chi connectivity index (χ0v) is 17.3. The molecule has 0 atom stereocenters. The molecular weight excluding hydrogens is 397 g/mol. The van der Waals surface area contributed by atoms with E-state index in [1.807, 2.05) is 13.8 Å². The van der Waals surface area contributed by atoms with Gasteiger partial charge in [0.2, 0.25) is 0 Å². The summed E-state index contributed by atoms with van der Waals surface area (Å²) in [6.45, 7) is 4.22. The Kier molecular flexibility index (Phi) is 10.5. The SMILES string of the molecule is CCCCOc1c(Cl)cc(C(=O)NCCCN(C)CC(F)(F)F)cc1OCC. The van der Waals surface area contributed by atoms with Crippen molar-refractivity contribution in [3.8, 4) is 11.5 Å². The van der Waals surface area contributed by atoms with E-state index in [0.29, 0.717) is 36.7 Å². The van der Waals surface area contributed by atoms with Crippen LogP contribution in [0, 0.1) is 0 Å². The van der Waals surface area contributed by atoms with Gasteiger partial charge in [0, 0.05) is 12.1 Å². The summed E-state index contributed by atoms with van der Waals surface area (Å²) in [5.74, 6) is 0.421. The Bertz CT molecular complexity index is 627. The number of halogens is 4. The second-order valence-electron chi connectivity index (χ2n) is 6.38. The molecule has 0 spiro atoms. The van der Waals surface area contributed by atoms with E-state index in [4.69, 9.17) is 21.1 Å². The van der Waals surface area contributed by atoms with Crippen LogP contribution in [0.3, 0.4) is 0 Å². The lowest BCUT2D eigenvalue weighted by atomic mass is 10.2. The number of carbonyl (C=O) groups is 1. The molecule has 160 valence electrons. The molecule has 1 aromatic carbocycles. The van der Waals surface area contributed by atoms with Crippen LogP contribution in [0.25, 0.3) is 0 Å². The van der Waals surface area contributed by atoms with E-state index in [2.05, 4.69) is 5.32 Å². The smallest absolute Gasteiger partial charge is 0.401 e. The van der Waals surface area contributed by atoms with Crippen LogP contribution in [0.4, 0.5) is 13.2 Å². The molecule has 0 fully saturated rings. The Balaban J connectivity index is 2.64. The van der Waals surface area contributed by atoms with E-state index < -0.39 is 12.7 Å². The Morgan fingerprint density at radius 1 is 1.21 bits per heavy atom. The molecule has 0 unspecified atom stereocenters. The lowest BCUT2D eigenvalue weighted by molar-refractivity contribution is -0.143. The predicted octanol–water partition coefficient (Wildman–Crippen LogP) is 4.53. The Hall–Kier alpha value is -1.67. The van der Waals surface area contributed by atoms with E-state index in [-0.39, 0.29) is 24.0 Å². The number of alkyl halides is 3. The summed E-state index contributed by atoms with van der Waals surface area (Å²) in [6.07, 6.45) is -2.00. The number of hydrogen-bond acceptors (Lipinski definition) is 4. The molecule has 5 nitrogen and oxygen atoms in total. The van der Waals surface area contributed by atoms with E-state index >= 15 is 0 Å². The largest absolute Gasteiger partial charge is 0.490 e. The summed E-state index contributed by atoms with van der Waals surface area (Å²) >= 11 is 6.26. The van der Waals surface area contributed by atoms with Gasteiger partial charge in [0.25, 0.3) is 5.91 Å². The molecule has 1 N–H and O–H groups in total. The number of unbranched alkanes of at least 4 members (excludes halogenated alkanes) is 1. The Morgan fingerprint density at radius 2 is 1.93 bits per heavy atom. The number of amides is 1. The molecule has 0 saturated carbocycles. The molecule has 0 aliphatic rings. The van der Waals surface area contributed by atoms with Gasteiger partial charge < -0.3 is 14.8 Å². The molecule has 0 aromatic heterocycles. The average molecular weight is 425 g/mol. The number of benzene rings is 1. The molecule has 0 radical (unpaired) electrons. The molecule has 0 saturated heterocycles. The van der Waals surface area contributed by atoms with Crippen molar-refractivity contribution in [2.75, 3.05) is 39.9 Å². The highest BCUT2D eigenvalue weighted by molar-refractivity contribution is 6.32. The second kappa shape index (κ2) is 12.0. The van der Waals surface area contributed by atoms with Gasteiger partial charge in [-0.05, 0) is 45.5 Å². The van der Waals surface area contributed by atoms with Gasteiger partial charge in [-0.25, -0.2) is 0 Å². The van der Waals surface area contributed by atoms with Crippen LogP contribution in [-0.2, 0) is 0 Å². The fraction of sp³-hybridized carbons (Fsp3) is 0.632. The summed E-state index contributed by atoms with van der Waals surface area (Å²) in [5, 5.41) is 2.96. The van der Waals surface area contributed by atoms with Crippen molar-refractivity contribution in [2.24, 2.45) is 0 Å². The molecule has 9 heteroatoms. The number of nitrogens with zero attached hydrogens (tertiary/aromatic N) is 1. The van der Waals surface area contributed by atoms with Gasteiger partial charge in [-0.3, -0.25) is 9.69 Å². The standard InChI is InChI=1S/C19H28ClF3N2O3/c1-4-6-10-28-17-15(20)11-14(12-16(17)27-5-2)18(26)24-8-7-9-25(3)13-19(21,22)23/h11-12H,4-10,13H2,1-3H3,(H,24,26). The molecular formula is C19H28ClF3N2O3. The number of ether oxygens (including phenoxy) is 2. The first-order chi connectivity index (χ1) is 13.2. The summed E-state index contributed by atoms with van der Waals surface area (Å²) < 4.78 is 48.1. The molecule has 1 aromatic rings. The summed E-state index contributed by atoms with van der Waals surface area (Å²) in [7, 11) is 1.39. The van der Waals surface area contributed by atoms with E-state index in [0.717, 1.165) is 12.8 Å². The van der Waals surface area contributed by atoms with Gasteiger partial charge in [-0.1, -0.05) is 24.9 Å². The number of hydrogen-bond donors (Lipinski definition) is 1. The third-order valence-corrected chi connectivity index (χ3v) is 4.05. The second-order valence-corrected chi connectivity index (χ2v) is 6.79. The zero-order chi connectivity index (χ0) is 21.2. The average Bonchev–Trinajstić information content (AvgIpc) is 2.59. The van der Waals surface area contributed by atoms with Gasteiger partial charge >= 0.3 is 6.18 Å². The summed E-state index contributed by atoms with van der Waals surface area (Å²) in [5.41, 5.74) is 0.305. The number of nitrogens with one attached hydrogen (secondary N) is 1. The lowest BCUT2D eigenvalue weighted by Gasteiger charge is -2.18. The Labute approximate surface area is 169 Å². The highest BCUT2D eigenvalue weighted by Gasteiger charge is 2.28. The van der Waals surface area contributed by atoms with Crippen molar-refractivity contribution in [2.45, 2.75) is 39.3 Å². The third-order valence-electron chi connectivity index (χ3n) is 3.77. The monoisotopic (exact) mass is 424 g/mol. The van der Waals surface area contributed by atoms with Crippen molar-refractivity contribution >= 4 is 17.5 Å². The maximum Gasteiger partial charge on any atom is 0.401 e. The zero-order valence-electron chi connectivity index (χ0n) is 16.5. The first-order valence-corrected chi connectivity index (χ1v) is 9.68. The Morgan fingerprint density at radius 3 is 2.54 bits per heavy atom.